The fraction of sp³-hybridized carbons (Fsp3) is 0.538. The molecule has 0 saturated heterocycles. The first-order chi connectivity index (χ1) is 19.3. The first kappa shape index (κ1) is 34.6. The van der Waals surface area contributed by atoms with Gasteiger partial charge in [-0.2, -0.15) is 0 Å². The summed E-state index contributed by atoms with van der Waals surface area (Å²) in [5, 5.41) is 17.4. The zero-order valence-electron chi connectivity index (χ0n) is 23.6. The highest BCUT2D eigenvalue weighted by atomic mass is 16.4. The maximum absolute atomic E-state index is 13.4. The summed E-state index contributed by atoms with van der Waals surface area (Å²) in [4.78, 5) is 58.9. The Morgan fingerprint density at radius 2 is 1.29 bits per heavy atom. The molecule has 1 rings (SSSR count). The van der Waals surface area contributed by atoms with Gasteiger partial charge in [-0.1, -0.05) is 44.2 Å². The van der Waals surface area contributed by atoms with Gasteiger partial charge in [0.15, 0.2) is 11.9 Å². The largest absolute Gasteiger partial charge is 0.480 e. The molecule has 0 aliphatic rings. The van der Waals surface area contributed by atoms with Crippen molar-refractivity contribution in [2.75, 3.05) is 13.1 Å². The van der Waals surface area contributed by atoms with Crippen molar-refractivity contribution in [1.82, 2.24) is 16.0 Å². The van der Waals surface area contributed by atoms with E-state index in [1.54, 1.807) is 44.2 Å². The van der Waals surface area contributed by atoms with Gasteiger partial charge >= 0.3 is 5.97 Å². The quantitative estimate of drug-likeness (QED) is 0.0519. The molecule has 41 heavy (non-hydrogen) atoms. The van der Waals surface area contributed by atoms with Crippen molar-refractivity contribution < 1.29 is 24.3 Å². The summed E-state index contributed by atoms with van der Waals surface area (Å²) >= 11 is 0. The Morgan fingerprint density at radius 1 is 0.780 bits per heavy atom. The molecule has 0 saturated carbocycles. The summed E-state index contributed by atoms with van der Waals surface area (Å²) < 4.78 is 0. The molecule has 1 aromatic rings. The third-order valence-electron chi connectivity index (χ3n) is 6.03. The topological polar surface area (TPSA) is 279 Å². The molecule has 0 spiro atoms. The summed E-state index contributed by atoms with van der Waals surface area (Å²) in [5.41, 5.74) is 28.1. The van der Waals surface area contributed by atoms with Gasteiger partial charge in [-0.15, -0.1) is 0 Å². The van der Waals surface area contributed by atoms with Gasteiger partial charge in [0, 0.05) is 19.5 Å². The highest BCUT2D eigenvalue weighted by Crippen LogP contribution is 2.09. The molecule has 15 nitrogen and oxygen atoms in total. The molecule has 228 valence electrons. The second-order valence-corrected chi connectivity index (χ2v) is 9.88. The highest BCUT2D eigenvalue weighted by Gasteiger charge is 2.31. The summed E-state index contributed by atoms with van der Waals surface area (Å²) in [7, 11) is 0. The molecule has 4 atom stereocenters. The Bertz CT molecular complexity index is 1060. The van der Waals surface area contributed by atoms with Crippen LogP contribution >= 0.6 is 0 Å². The molecule has 0 radical (unpaired) electrons. The number of carboxylic acids is 1. The summed E-state index contributed by atoms with van der Waals surface area (Å²) in [5.74, 6) is -3.69. The van der Waals surface area contributed by atoms with Crippen molar-refractivity contribution >= 4 is 35.6 Å². The smallest absolute Gasteiger partial charge is 0.326 e. The van der Waals surface area contributed by atoms with Crippen LogP contribution in [0.3, 0.4) is 0 Å². The summed E-state index contributed by atoms with van der Waals surface area (Å²) in [6, 6.07) is 4.61. The number of guanidine groups is 2. The average molecular weight is 577 g/mol. The SMILES string of the molecule is CC(C)C(NC(=O)C(Cc1ccccc1)NC(=O)C(CCCN=C(N)N)NC(=O)C(N)CCCN=C(N)N)C(=O)O. The van der Waals surface area contributed by atoms with E-state index in [2.05, 4.69) is 25.9 Å². The molecule has 0 bridgehead atoms. The van der Waals surface area contributed by atoms with E-state index in [4.69, 9.17) is 28.7 Å². The van der Waals surface area contributed by atoms with E-state index in [-0.39, 0.29) is 44.3 Å². The van der Waals surface area contributed by atoms with Gasteiger partial charge in [0.25, 0.3) is 0 Å². The molecule has 14 N–H and O–H groups in total. The van der Waals surface area contributed by atoms with Crippen LogP contribution < -0.4 is 44.6 Å². The number of hydrogen-bond acceptors (Lipinski definition) is 7. The fourth-order valence-electron chi connectivity index (χ4n) is 3.80. The van der Waals surface area contributed by atoms with Gasteiger partial charge in [-0.05, 0) is 37.2 Å². The maximum Gasteiger partial charge on any atom is 0.326 e. The number of nitrogens with one attached hydrogen (secondary N) is 3. The highest BCUT2D eigenvalue weighted by molar-refractivity contribution is 5.94. The van der Waals surface area contributed by atoms with Crippen LogP contribution in [-0.4, -0.2) is 78.0 Å². The number of amides is 3. The number of carbonyl (C=O) groups excluding carboxylic acids is 3. The van der Waals surface area contributed by atoms with Gasteiger partial charge < -0.3 is 49.7 Å². The number of nitrogens with zero attached hydrogens (tertiary/aromatic N) is 2. The van der Waals surface area contributed by atoms with Crippen LogP contribution in [0.2, 0.25) is 0 Å². The number of carboxylic acid groups (broad SMARTS) is 1. The number of rotatable bonds is 18. The standard InChI is InChI=1S/C26H44N10O5/c1-15(2)20(24(40)41)36-23(39)19(14-16-8-4-3-5-9-16)35-22(38)18(11-7-13-33-26(30)31)34-21(37)17(27)10-6-12-32-25(28)29/h3-5,8-9,15,17-20H,6-7,10-14,27H2,1-2H3,(H,34,37)(H,35,38)(H,36,39)(H,40,41)(H4,28,29,32)(H4,30,31,33). The van der Waals surface area contributed by atoms with E-state index in [0.717, 1.165) is 5.56 Å². The summed E-state index contributed by atoms with van der Waals surface area (Å²) in [6.07, 6.45) is 1.25. The molecule has 0 aromatic heterocycles. The number of aliphatic carboxylic acids is 1. The zero-order chi connectivity index (χ0) is 30.9. The lowest BCUT2D eigenvalue weighted by Gasteiger charge is -2.26. The predicted molar refractivity (Wildman–Crippen MR) is 156 cm³/mol. The Balaban J connectivity index is 3.10. The molecule has 15 heteroatoms. The number of benzene rings is 1. The predicted octanol–water partition coefficient (Wildman–Crippen LogP) is -2.14. The zero-order valence-corrected chi connectivity index (χ0v) is 23.6. The van der Waals surface area contributed by atoms with Crippen molar-refractivity contribution in [3.8, 4) is 0 Å². The van der Waals surface area contributed by atoms with E-state index < -0.39 is 53.8 Å². The fourth-order valence-corrected chi connectivity index (χ4v) is 3.80. The molecule has 0 aliphatic heterocycles. The lowest BCUT2D eigenvalue weighted by molar-refractivity contribution is -0.143. The van der Waals surface area contributed by atoms with Crippen LogP contribution in [0.4, 0.5) is 0 Å². The van der Waals surface area contributed by atoms with Gasteiger partial charge in [-0.25, -0.2) is 4.79 Å². The minimum Gasteiger partial charge on any atom is -0.480 e. The van der Waals surface area contributed by atoms with E-state index >= 15 is 0 Å². The molecule has 3 amide bonds. The third kappa shape index (κ3) is 14.0. The van der Waals surface area contributed by atoms with Crippen LogP contribution in [0.15, 0.2) is 40.3 Å². The van der Waals surface area contributed by atoms with Gasteiger partial charge in [-0.3, -0.25) is 24.4 Å². The maximum atomic E-state index is 13.4. The van der Waals surface area contributed by atoms with Gasteiger partial charge in [0.1, 0.15) is 18.1 Å². The lowest BCUT2D eigenvalue weighted by Crippen LogP contribution is -2.58. The minimum atomic E-state index is -1.20. The van der Waals surface area contributed by atoms with E-state index in [1.807, 2.05) is 0 Å². The van der Waals surface area contributed by atoms with E-state index in [0.29, 0.717) is 12.8 Å². The number of hydrogen-bond donors (Lipinski definition) is 9. The minimum absolute atomic E-state index is 0.0716. The Kier molecular flexibility index (Phi) is 15.2. The molecular weight excluding hydrogens is 532 g/mol. The van der Waals surface area contributed by atoms with Crippen molar-refractivity contribution in [1.29, 1.82) is 0 Å². The number of carbonyl (C=O) groups is 4. The van der Waals surface area contributed by atoms with Crippen molar-refractivity contribution in [3.05, 3.63) is 35.9 Å². The lowest BCUT2D eigenvalue weighted by atomic mass is 10.0. The molecule has 0 aliphatic carbocycles. The van der Waals surface area contributed by atoms with Gasteiger partial charge in [0.2, 0.25) is 17.7 Å². The average Bonchev–Trinajstić information content (AvgIpc) is 2.90. The second-order valence-electron chi connectivity index (χ2n) is 9.88. The van der Waals surface area contributed by atoms with E-state index in [1.165, 1.54) is 0 Å². The molecule has 4 unspecified atom stereocenters. The Morgan fingerprint density at radius 3 is 1.80 bits per heavy atom. The number of aliphatic imine (C=N–C) groups is 2. The Labute approximate surface area is 239 Å². The van der Waals surface area contributed by atoms with Crippen LogP contribution in [-0.2, 0) is 25.6 Å². The first-order valence-electron chi connectivity index (χ1n) is 13.4. The normalized spacial score (nSPS) is 13.7. The van der Waals surface area contributed by atoms with Gasteiger partial charge in [0.05, 0.1) is 6.04 Å². The Hall–Kier alpha value is -4.40. The monoisotopic (exact) mass is 576 g/mol. The van der Waals surface area contributed by atoms with Crippen LogP contribution in [0.25, 0.3) is 0 Å². The summed E-state index contributed by atoms with van der Waals surface area (Å²) in [6.45, 7) is 3.81. The first-order valence-corrected chi connectivity index (χ1v) is 13.4. The van der Waals surface area contributed by atoms with Crippen molar-refractivity contribution in [2.45, 2.75) is 70.1 Å². The van der Waals surface area contributed by atoms with Crippen LogP contribution in [0.5, 0.6) is 0 Å². The molecule has 1 aromatic carbocycles. The van der Waals surface area contributed by atoms with Crippen LogP contribution in [0, 0.1) is 5.92 Å². The van der Waals surface area contributed by atoms with E-state index in [9.17, 15) is 24.3 Å². The third-order valence-corrected chi connectivity index (χ3v) is 6.03. The number of nitrogens with two attached hydrogens (primary N) is 5. The molecule has 0 fully saturated rings. The molecular formula is C26H44N10O5. The molecule has 0 heterocycles. The van der Waals surface area contributed by atoms with Crippen molar-refractivity contribution in [2.24, 2.45) is 44.6 Å². The van der Waals surface area contributed by atoms with Crippen LogP contribution in [0.1, 0.15) is 45.1 Å². The van der Waals surface area contributed by atoms with Crippen molar-refractivity contribution in [3.63, 3.8) is 0 Å². The second kappa shape index (κ2) is 18.0.